The van der Waals surface area contributed by atoms with E-state index in [1.165, 1.54) is 42.7 Å². The standard InChI is InChI=1S/C22H14F6N2O2/c23-21(24,25)16-4-1-3-15(9-16)19(31)13-29-11-14-7-8-20(30-12-14)32-18-6-2-5-17(10-18)22(26,27)28/h1-12H,13H2. The number of pyridine rings is 1. The fraction of sp³-hybridized carbons (Fsp3) is 0.136. The zero-order valence-corrected chi connectivity index (χ0v) is 16.1. The number of carbonyl (C=O) groups excluding carboxylic acids is 1. The number of hydrogen-bond donors (Lipinski definition) is 0. The van der Waals surface area contributed by atoms with E-state index in [0.717, 1.165) is 30.3 Å². The van der Waals surface area contributed by atoms with Crippen LogP contribution in [0.1, 0.15) is 27.0 Å². The van der Waals surface area contributed by atoms with Crippen molar-refractivity contribution in [3.8, 4) is 11.6 Å². The predicted octanol–water partition coefficient (Wildman–Crippen LogP) is 6.21. The highest BCUT2D eigenvalue weighted by Gasteiger charge is 2.31. The molecule has 0 fully saturated rings. The molecule has 0 radical (unpaired) electrons. The van der Waals surface area contributed by atoms with Crippen LogP contribution in [-0.2, 0) is 12.4 Å². The number of ether oxygens (including phenoxy) is 1. The van der Waals surface area contributed by atoms with Gasteiger partial charge < -0.3 is 4.74 Å². The van der Waals surface area contributed by atoms with Crippen LogP contribution in [0.2, 0.25) is 0 Å². The Balaban J connectivity index is 1.61. The van der Waals surface area contributed by atoms with E-state index < -0.39 is 29.3 Å². The summed E-state index contributed by atoms with van der Waals surface area (Å²) in [5, 5.41) is 0. The number of benzene rings is 2. The maximum atomic E-state index is 12.8. The summed E-state index contributed by atoms with van der Waals surface area (Å²) in [4.78, 5) is 19.9. The molecule has 0 N–H and O–H groups in total. The first kappa shape index (κ1) is 23.0. The fourth-order valence-corrected chi connectivity index (χ4v) is 2.58. The Kier molecular flexibility index (Phi) is 6.61. The largest absolute Gasteiger partial charge is 0.439 e. The maximum absolute atomic E-state index is 12.8. The highest BCUT2D eigenvalue weighted by Crippen LogP contribution is 2.32. The molecule has 0 unspecified atom stereocenters. The third-order valence-corrected chi connectivity index (χ3v) is 4.13. The van der Waals surface area contributed by atoms with E-state index in [1.807, 2.05) is 0 Å². The molecule has 0 saturated carbocycles. The summed E-state index contributed by atoms with van der Waals surface area (Å²) in [5.41, 5.74) is -1.43. The van der Waals surface area contributed by atoms with E-state index in [2.05, 4.69) is 9.98 Å². The van der Waals surface area contributed by atoms with Crippen LogP contribution in [0.15, 0.2) is 71.9 Å². The number of aliphatic imine (C=N–C) groups is 1. The van der Waals surface area contributed by atoms with E-state index in [0.29, 0.717) is 5.56 Å². The molecule has 0 aliphatic heterocycles. The van der Waals surface area contributed by atoms with Gasteiger partial charge in [-0.25, -0.2) is 4.98 Å². The van der Waals surface area contributed by atoms with Crippen molar-refractivity contribution in [2.75, 3.05) is 6.54 Å². The Hall–Kier alpha value is -3.69. The number of halogens is 6. The molecule has 3 rings (SSSR count). The predicted molar refractivity (Wildman–Crippen MR) is 104 cm³/mol. The molecule has 2 aromatic carbocycles. The SMILES string of the molecule is O=C(CN=Cc1ccc(Oc2cccc(C(F)(F)F)c2)nc1)c1cccc(C(F)(F)F)c1. The van der Waals surface area contributed by atoms with Gasteiger partial charge >= 0.3 is 12.4 Å². The molecule has 0 aliphatic carbocycles. The van der Waals surface area contributed by atoms with Crippen molar-refractivity contribution in [2.45, 2.75) is 12.4 Å². The molecular formula is C22H14F6N2O2. The Morgan fingerprint density at radius 1 is 0.906 bits per heavy atom. The summed E-state index contributed by atoms with van der Waals surface area (Å²) in [7, 11) is 0. The number of hydrogen-bond acceptors (Lipinski definition) is 4. The van der Waals surface area contributed by atoms with Gasteiger partial charge in [0, 0.05) is 29.6 Å². The first-order valence-corrected chi connectivity index (χ1v) is 9.04. The number of Topliss-reactive ketones (excluding diaryl/α,β-unsaturated/α-hetero) is 1. The van der Waals surface area contributed by atoms with Crippen molar-refractivity contribution in [3.63, 3.8) is 0 Å². The summed E-state index contributed by atoms with van der Waals surface area (Å²) in [6.07, 6.45) is -6.44. The maximum Gasteiger partial charge on any atom is 0.416 e. The van der Waals surface area contributed by atoms with Gasteiger partial charge in [0.1, 0.15) is 12.3 Å². The number of ketones is 1. The van der Waals surface area contributed by atoms with Gasteiger partial charge in [-0.1, -0.05) is 18.2 Å². The third kappa shape index (κ3) is 6.16. The minimum absolute atomic E-state index is 0.0413. The summed E-state index contributed by atoms with van der Waals surface area (Å²) in [6, 6.07) is 11.3. The highest BCUT2D eigenvalue weighted by atomic mass is 19.4. The van der Waals surface area contributed by atoms with Gasteiger partial charge in [-0.15, -0.1) is 0 Å². The third-order valence-electron chi connectivity index (χ3n) is 4.13. The second kappa shape index (κ2) is 9.21. The average Bonchev–Trinajstić information content (AvgIpc) is 2.74. The molecule has 32 heavy (non-hydrogen) atoms. The van der Waals surface area contributed by atoms with Crippen molar-refractivity contribution >= 4 is 12.0 Å². The molecule has 0 atom stereocenters. The van der Waals surface area contributed by atoms with Gasteiger partial charge in [0.25, 0.3) is 0 Å². The molecule has 3 aromatic rings. The molecule has 10 heteroatoms. The topological polar surface area (TPSA) is 51.5 Å². The lowest BCUT2D eigenvalue weighted by molar-refractivity contribution is -0.138. The van der Waals surface area contributed by atoms with E-state index >= 15 is 0 Å². The smallest absolute Gasteiger partial charge is 0.416 e. The van der Waals surface area contributed by atoms with Gasteiger partial charge in [0.15, 0.2) is 5.78 Å². The molecule has 0 spiro atoms. The highest BCUT2D eigenvalue weighted by molar-refractivity contribution is 5.98. The monoisotopic (exact) mass is 452 g/mol. The van der Waals surface area contributed by atoms with Gasteiger partial charge in [-0.3, -0.25) is 9.79 Å². The Morgan fingerprint density at radius 3 is 2.19 bits per heavy atom. The summed E-state index contributed by atoms with van der Waals surface area (Å²) >= 11 is 0. The number of nitrogens with zero attached hydrogens (tertiary/aromatic N) is 2. The van der Waals surface area contributed by atoms with E-state index in [9.17, 15) is 31.1 Å². The van der Waals surface area contributed by atoms with Crippen LogP contribution in [-0.4, -0.2) is 23.5 Å². The molecule has 4 nitrogen and oxygen atoms in total. The van der Waals surface area contributed by atoms with Crippen LogP contribution >= 0.6 is 0 Å². The molecular weight excluding hydrogens is 438 g/mol. The van der Waals surface area contributed by atoms with Crippen LogP contribution < -0.4 is 4.74 Å². The minimum Gasteiger partial charge on any atom is -0.439 e. The second-order valence-electron chi connectivity index (χ2n) is 6.53. The number of aromatic nitrogens is 1. The first-order chi connectivity index (χ1) is 15.0. The lowest BCUT2D eigenvalue weighted by Gasteiger charge is -2.09. The average molecular weight is 452 g/mol. The first-order valence-electron chi connectivity index (χ1n) is 9.04. The Labute approximate surface area is 178 Å². The lowest BCUT2D eigenvalue weighted by atomic mass is 10.1. The summed E-state index contributed by atoms with van der Waals surface area (Å²) in [5.74, 6) is -0.591. The van der Waals surface area contributed by atoms with Crippen LogP contribution in [0.4, 0.5) is 26.3 Å². The molecule has 0 aliphatic rings. The van der Waals surface area contributed by atoms with Crippen LogP contribution in [0, 0.1) is 0 Å². The Morgan fingerprint density at radius 2 is 1.56 bits per heavy atom. The zero-order valence-electron chi connectivity index (χ0n) is 16.1. The van der Waals surface area contributed by atoms with Gasteiger partial charge in [-0.05, 0) is 36.4 Å². The minimum atomic E-state index is -4.55. The van der Waals surface area contributed by atoms with Crippen molar-refractivity contribution in [3.05, 3.63) is 89.1 Å². The van der Waals surface area contributed by atoms with Gasteiger partial charge in [-0.2, -0.15) is 26.3 Å². The molecule has 1 heterocycles. The van der Waals surface area contributed by atoms with Crippen molar-refractivity contribution in [1.29, 1.82) is 0 Å². The lowest BCUT2D eigenvalue weighted by Crippen LogP contribution is -2.09. The molecule has 1 aromatic heterocycles. The molecule has 0 bridgehead atoms. The van der Waals surface area contributed by atoms with E-state index in [-0.39, 0.29) is 23.7 Å². The normalized spacial score (nSPS) is 12.2. The van der Waals surface area contributed by atoms with Gasteiger partial charge in [0.2, 0.25) is 5.88 Å². The van der Waals surface area contributed by atoms with E-state index in [1.54, 1.807) is 0 Å². The van der Waals surface area contributed by atoms with Crippen molar-refractivity contribution in [1.82, 2.24) is 4.98 Å². The second-order valence-corrected chi connectivity index (χ2v) is 6.53. The van der Waals surface area contributed by atoms with E-state index in [4.69, 9.17) is 4.74 Å². The van der Waals surface area contributed by atoms with Crippen molar-refractivity contribution in [2.24, 2.45) is 4.99 Å². The quantitative estimate of drug-likeness (QED) is 0.254. The number of alkyl halides is 6. The molecule has 0 amide bonds. The number of carbonyl (C=O) groups is 1. The molecule has 166 valence electrons. The van der Waals surface area contributed by atoms with Crippen LogP contribution in [0.25, 0.3) is 0 Å². The summed E-state index contributed by atoms with van der Waals surface area (Å²) in [6.45, 7) is -0.371. The zero-order chi connectivity index (χ0) is 23.4. The van der Waals surface area contributed by atoms with Crippen LogP contribution in [0.3, 0.4) is 0 Å². The Bertz CT molecular complexity index is 1120. The van der Waals surface area contributed by atoms with Gasteiger partial charge in [0.05, 0.1) is 11.1 Å². The summed E-state index contributed by atoms with van der Waals surface area (Å²) < 4.78 is 81.8. The fourth-order valence-electron chi connectivity index (χ4n) is 2.58. The number of rotatable bonds is 6. The van der Waals surface area contributed by atoms with Crippen molar-refractivity contribution < 1.29 is 35.9 Å². The van der Waals surface area contributed by atoms with Crippen LogP contribution in [0.5, 0.6) is 11.6 Å². The molecule has 0 saturated heterocycles.